The molecule has 0 bridgehead atoms. The average Bonchev–Trinajstić information content (AvgIpc) is 3.58. The lowest BCUT2D eigenvalue weighted by Crippen LogP contribution is -2.43. The summed E-state index contributed by atoms with van der Waals surface area (Å²) in [6.45, 7) is 14.6. The molecular weight excluding hydrogens is 603 g/mol. The summed E-state index contributed by atoms with van der Waals surface area (Å²) in [5.74, 6) is 0. The topological polar surface area (TPSA) is 4.93 Å². The minimum atomic E-state index is -0.109. The molecule has 10 rings (SSSR count). The van der Waals surface area contributed by atoms with Crippen LogP contribution in [-0.2, 0) is 16.2 Å². The molecule has 0 N–H and O–H groups in total. The number of hydrogen-bond acceptors (Lipinski definition) is 0. The Balaban J connectivity index is 1.09. The number of para-hydroxylation sites is 2. The minimum Gasteiger partial charge on any atom is -0.309 e. The Morgan fingerprint density at radius 1 is 0.380 bits per heavy atom. The Hall–Kier alpha value is -5.40. The van der Waals surface area contributed by atoms with E-state index in [1.54, 1.807) is 0 Å². The van der Waals surface area contributed by atoms with E-state index in [-0.39, 0.29) is 16.2 Å². The third-order valence-electron chi connectivity index (χ3n) is 12.9. The highest BCUT2D eigenvalue weighted by atomic mass is 15.0. The Morgan fingerprint density at radius 2 is 0.880 bits per heavy atom. The minimum absolute atomic E-state index is 0.0260. The summed E-state index contributed by atoms with van der Waals surface area (Å²) >= 11 is 0. The van der Waals surface area contributed by atoms with Crippen molar-refractivity contribution in [2.24, 2.45) is 0 Å². The molecule has 0 saturated heterocycles. The van der Waals surface area contributed by atoms with Crippen LogP contribution in [0, 0.1) is 0 Å². The molecule has 1 nitrogen and oxygen atoms in total. The van der Waals surface area contributed by atoms with E-state index < -0.39 is 0 Å². The fourth-order valence-electron chi connectivity index (χ4n) is 9.36. The first-order chi connectivity index (χ1) is 24.1. The fourth-order valence-corrected chi connectivity index (χ4v) is 9.36. The maximum absolute atomic E-state index is 2.57. The van der Waals surface area contributed by atoms with Crippen LogP contribution in [0.5, 0.6) is 0 Å². The fraction of sp³-hybridized carbons (Fsp3) is 0.184. The highest BCUT2D eigenvalue weighted by Gasteiger charge is 2.48. The van der Waals surface area contributed by atoms with Gasteiger partial charge in [0.05, 0.1) is 11.0 Å². The monoisotopic (exact) mass is 643 g/mol. The van der Waals surface area contributed by atoms with Crippen molar-refractivity contribution in [1.82, 2.24) is 4.57 Å². The van der Waals surface area contributed by atoms with E-state index in [0.717, 1.165) is 0 Å². The van der Waals surface area contributed by atoms with E-state index in [1.165, 1.54) is 93.9 Å². The van der Waals surface area contributed by atoms with Crippen LogP contribution in [0.15, 0.2) is 140 Å². The van der Waals surface area contributed by atoms with E-state index in [0.29, 0.717) is 0 Å². The predicted octanol–water partition coefficient (Wildman–Crippen LogP) is 13.1. The highest BCUT2D eigenvalue weighted by Crippen LogP contribution is 2.59. The van der Waals surface area contributed by atoms with Crippen molar-refractivity contribution in [3.63, 3.8) is 0 Å². The Bertz CT molecular complexity index is 2660. The zero-order valence-corrected chi connectivity index (χ0v) is 29.7. The van der Waals surface area contributed by atoms with Crippen LogP contribution in [0.25, 0.3) is 71.6 Å². The molecular formula is C49H41N. The normalized spacial score (nSPS) is 16.3. The van der Waals surface area contributed by atoms with E-state index in [1.807, 2.05) is 0 Å². The smallest absolute Gasteiger partial charge is 0.0541 e. The first-order valence-corrected chi connectivity index (χ1v) is 18.0. The van der Waals surface area contributed by atoms with Crippen molar-refractivity contribution in [1.29, 1.82) is 0 Å². The number of hydrogen-bond donors (Lipinski definition) is 0. The summed E-state index contributed by atoms with van der Waals surface area (Å²) in [5.41, 5.74) is 17.3. The van der Waals surface area contributed by atoms with Gasteiger partial charge in [-0.1, -0.05) is 133 Å². The second kappa shape index (κ2) is 9.86. The van der Waals surface area contributed by atoms with E-state index >= 15 is 0 Å². The molecule has 2 aliphatic carbocycles. The van der Waals surface area contributed by atoms with E-state index in [4.69, 9.17) is 0 Å². The van der Waals surface area contributed by atoms with Gasteiger partial charge in [0.1, 0.15) is 0 Å². The van der Waals surface area contributed by atoms with Crippen LogP contribution in [0.1, 0.15) is 63.8 Å². The quantitative estimate of drug-likeness (QED) is 0.177. The van der Waals surface area contributed by atoms with Crippen molar-refractivity contribution in [2.75, 3.05) is 0 Å². The maximum Gasteiger partial charge on any atom is 0.0541 e. The predicted molar refractivity (Wildman–Crippen MR) is 213 cm³/mol. The molecule has 0 unspecified atom stereocenters. The van der Waals surface area contributed by atoms with Crippen molar-refractivity contribution in [3.05, 3.63) is 162 Å². The Kier molecular flexibility index (Phi) is 5.82. The molecule has 0 amide bonds. The number of aromatic nitrogens is 1. The summed E-state index contributed by atoms with van der Waals surface area (Å²) in [4.78, 5) is 0. The molecule has 1 aromatic heterocycles. The van der Waals surface area contributed by atoms with Crippen molar-refractivity contribution in [2.45, 2.75) is 57.8 Å². The van der Waals surface area contributed by atoms with Crippen molar-refractivity contribution >= 4 is 32.6 Å². The van der Waals surface area contributed by atoms with Gasteiger partial charge in [0, 0.05) is 21.9 Å². The van der Waals surface area contributed by atoms with Gasteiger partial charge in [0.15, 0.2) is 0 Å². The second-order valence-corrected chi connectivity index (χ2v) is 16.2. The highest BCUT2D eigenvalue weighted by molar-refractivity contribution is 6.09. The van der Waals surface area contributed by atoms with Crippen LogP contribution in [0.2, 0.25) is 0 Å². The number of fused-ring (bicyclic) bond motifs is 10. The second-order valence-electron chi connectivity index (χ2n) is 16.2. The number of nitrogens with zero attached hydrogens (tertiary/aromatic N) is 1. The average molecular weight is 644 g/mol. The molecule has 50 heavy (non-hydrogen) atoms. The molecule has 0 radical (unpaired) electrons. The van der Waals surface area contributed by atoms with Gasteiger partial charge < -0.3 is 4.57 Å². The maximum atomic E-state index is 2.57. The molecule has 0 aliphatic heterocycles. The molecule has 1 heterocycles. The molecule has 0 saturated carbocycles. The molecule has 242 valence electrons. The SMILES string of the molecule is CC1(C)c2cc(-c3ccc(-n4c5ccccc5c5ccccc54)cc3)ccc2-c2cc3c(cc21)C(C)(C)C(C)(C)c1cc2ccccc2cc1-3. The van der Waals surface area contributed by atoms with Crippen LogP contribution < -0.4 is 0 Å². The van der Waals surface area contributed by atoms with Gasteiger partial charge >= 0.3 is 0 Å². The van der Waals surface area contributed by atoms with E-state index in [2.05, 4.69) is 186 Å². The van der Waals surface area contributed by atoms with Crippen molar-refractivity contribution < 1.29 is 0 Å². The van der Waals surface area contributed by atoms with Gasteiger partial charge in [0.25, 0.3) is 0 Å². The summed E-state index contributed by atoms with van der Waals surface area (Å²) in [6.07, 6.45) is 0. The summed E-state index contributed by atoms with van der Waals surface area (Å²) in [5, 5.41) is 5.21. The van der Waals surface area contributed by atoms with Gasteiger partial charge in [-0.15, -0.1) is 0 Å². The van der Waals surface area contributed by atoms with Gasteiger partial charge in [-0.2, -0.15) is 0 Å². The van der Waals surface area contributed by atoms with Gasteiger partial charge in [-0.25, -0.2) is 0 Å². The lowest BCUT2D eigenvalue weighted by atomic mass is 9.55. The zero-order valence-electron chi connectivity index (χ0n) is 29.7. The van der Waals surface area contributed by atoms with Gasteiger partial charge in [-0.05, 0) is 126 Å². The molecule has 7 aromatic carbocycles. The Morgan fingerprint density at radius 3 is 1.54 bits per heavy atom. The molecule has 2 aliphatic rings. The van der Waals surface area contributed by atoms with Crippen LogP contribution in [-0.4, -0.2) is 4.57 Å². The van der Waals surface area contributed by atoms with Gasteiger partial charge in [-0.3, -0.25) is 0 Å². The van der Waals surface area contributed by atoms with Crippen LogP contribution >= 0.6 is 0 Å². The third-order valence-corrected chi connectivity index (χ3v) is 12.9. The van der Waals surface area contributed by atoms with Crippen LogP contribution in [0.4, 0.5) is 0 Å². The summed E-state index contributed by atoms with van der Waals surface area (Å²) in [6, 6.07) is 52.6. The summed E-state index contributed by atoms with van der Waals surface area (Å²) < 4.78 is 2.39. The molecule has 0 atom stereocenters. The lowest BCUT2D eigenvalue weighted by molar-refractivity contribution is 0.299. The molecule has 0 spiro atoms. The lowest BCUT2D eigenvalue weighted by Gasteiger charge is -2.49. The molecule has 0 fully saturated rings. The van der Waals surface area contributed by atoms with Crippen LogP contribution in [0.3, 0.4) is 0 Å². The standard InChI is InChI=1S/C49H41N/c1-47(2)41-26-33(30-19-22-34(23-20-30)50-45-17-11-9-15-36(45)37-16-10-12-18-46(37)50)21-24-35(41)39-28-40-38-25-31-13-7-8-14-32(31)27-43(38)48(3,4)49(5,6)44(40)29-42(39)47/h7-29H,1-6H3. The zero-order chi connectivity index (χ0) is 34.2. The largest absolute Gasteiger partial charge is 0.309 e. The van der Waals surface area contributed by atoms with E-state index in [9.17, 15) is 0 Å². The first kappa shape index (κ1) is 29.5. The summed E-state index contributed by atoms with van der Waals surface area (Å²) in [7, 11) is 0. The third kappa shape index (κ3) is 3.78. The van der Waals surface area contributed by atoms with Crippen molar-refractivity contribution in [3.8, 4) is 39.1 Å². The number of rotatable bonds is 2. The first-order valence-electron chi connectivity index (χ1n) is 18.0. The molecule has 1 heteroatoms. The van der Waals surface area contributed by atoms with Gasteiger partial charge in [0.2, 0.25) is 0 Å². The Labute approximate surface area is 294 Å². The molecule has 8 aromatic rings. The number of benzene rings is 7.